The van der Waals surface area contributed by atoms with Crippen LogP contribution in [0, 0.1) is 170 Å². The van der Waals surface area contributed by atoms with Crippen LogP contribution in [0.25, 0.3) is 0 Å². The molecule has 127 heavy (non-hydrogen) atoms. The van der Waals surface area contributed by atoms with Gasteiger partial charge in [-0.05, 0) is 410 Å². The van der Waals surface area contributed by atoms with Crippen molar-refractivity contribution in [1.82, 2.24) is 28.8 Å². The summed E-state index contributed by atoms with van der Waals surface area (Å²) in [5, 5.41) is 43.0. The standard InChI is InChI=1S/C29H48N2O2.C28H48N2O3S.C26H43NO3.C25H40FNO3/c1-19(18-30-12-14-31(15-13-30)21(3)32)26-8-9-27-24-7-6-22-17-29(5,33)20(2)16-25(22)23(24)10-11-28(26,27)4;1-5-28(32)13-11-21-20(18-28)6-7-23-22(21)10-12-27(2)24(23)8-9-25(27)26(31)19-29-14-16-30(17-15-29)34(3,4)33;1-17-16-30-13-12-27(17)15-24(28)23-7-6-22-21-5-4-18-14-25(2,29)10-8-19(18)20(21)9-11-26(22,23)3;1-24-8-6-19-18-7-9-25(29,16-26)14-17(18)2-3-20(19)21(24)4-5-22(24)23(28)15-27-10-12-30-13-11-27/h20,22-27,33H,1,6-18H2,2-5H3;20-25,32H,3,5-19H2,1-2,4H3;17-23,29H,4-16H2,1-3H3;17-22,29H,2-16H2,1H3/t20-,22-,23-,24+,25-,26+,27-,28+,29-;20-,21+,22-,23-,24+,25-,27+,28-,34?;17-,18-,19+,20-,21-,22+,23-,25-,26+;17-,18+,19-,20-,21+,22-,24+,25-/m0111/s1. The monoisotopic (exact) mass is 1790 g/mol. The van der Waals surface area contributed by atoms with E-state index in [-0.39, 0.29) is 39.9 Å². The van der Waals surface area contributed by atoms with Crippen LogP contribution in [0.3, 0.4) is 0 Å². The number of nitrogens with zero attached hydrogens (tertiary/aromatic N) is 6. The Kier molecular flexibility index (Phi) is 29.0. The van der Waals surface area contributed by atoms with E-state index in [1.54, 1.807) is 13.2 Å². The normalized spacial score (nSPS) is 49.0. The third-order valence-electron chi connectivity index (χ3n) is 43.7. The fraction of sp³-hybridized carbons (Fsp3) is 0.935. The lowest BCUT2D eigenvalue weighted by Crippen LogP contribution is -2.53. The maximum absolute atomic E-state index is 13.6. The minimum Gasteiger partial charge on any atom is -0.390 e. The number of fused-ring (bicyclic) bond motifs is 20. The van der Waals surface area contributed by atoms with Gasteiger partial charge in [-0.2, -0.15) is 0 Å². The first kappa shape index (κ1) is 96.4. The van der Waals surface area contributed by atoms with Crippen molar-refractivity contribution in [2.24, 2.45) is 170 Å². The van der Waals surface area contributed by atoms with Crippen LogP contribution in [0.1, 0.15) is 300 Å². The maximum Gasteiger partial charge on any atom is 0.219 e. The van der Waals surface area contributed by atoms with E-state index in [1.807, 2.05) is 9.21 Å². The molecule has 720 valence electrons. The van der Waals surface area contributed by atoms with Crippen molar-refractivity contribution < 1.29 is 57.7 Å². The molecule has 0 aromatic rings. The summed E-state index contributed by atoms with van der Waals surface area (Å²) in [6.07, 6.45) is 43.9. The molecule has 1 unspecified atom stereocenters. The number of alkyl halides is 1. The van der Waals surface area contributed by atoms with Gasteiger partial charge in [0.15, 0.2) is 0 Å². The number of hydrogen-bond donors (Lipinski definition) is 4. The van der Waals surface area contributed by atoms with Crippen molar-refractivity contribution in [3.63, 3.8) is 0 Å². The third kappa shape index (κ3) is 19.2. The SMILES string of the molecule is C=C(CN1CCN(C(C)=O)CC1)[C@H]1CC[C@H]2[C@@H]3CC[C@H]4C[C@](C)(O)[C@@H](C)C[C@@H]4[C@H]3CC[C@]12C.C=S(C)(=O)N1CCN(CC(=O)[C@H]2CC[C@H]3[C@@H]4CC[C@@H]5C[C@@](O)(CC)CC[C@@H]5[C@H]4CC[C@]23C)CC1.C[C@@H]1COCCN1CC(=O)[C@H]1CC[C@H]2[C@@H]3CC[C@@H]4C[C@](C)(O)CC[C@@H]4[C@H]3CC[C@]12C.C[C@]12CC[C@H]3[C@@H](CC[C@@H]4C[C@@](O)(CF)CC[C@@H]43)[C@@H]1CC[C@@H]2C(=O)CN1CCOCC1. The van der Waals surface area contributed by atoms with Crippen molar-refractivity contribution in [1.29, 1.82) is 0 Å². The smallest absolute Gasteiger partial charge is 0.219 e. The average molecular weight is 1790 g/mol. The van der Waals surface area contributed by atoms with Crippen LogP contribution in [0.2, 0.25) is 0 Å². The molecule has 0 bridgehead atoms. The molecule has 20 rings (SSSR count). The highest BCUT2D eigenvalue weighted by molar-refractivity contribution is 7.97. The summed E-state index contributed by atoms with van der Waals surface area (Å²) in [4.78, 5) is 63.5. The third-order valence-corrected chi connectivity index (χ3v) is 45.2. The summed E-state index contributed by atoms with van der Waals surface area (Å²) >= 11 is 0. The van der Waals surface area contributed by atoms with Gasteiger partial charge in [-0.25, -0.2) is 8.70 Å². The molecule has 4 aliphatic heterocycles. The van der Waals surface area contributed by atoms with Crippen molar-refractivity contribution in [3.05, 3.63) is 12.2 Å². The maximum atomic E-state index is 13.6. The van der Waals surface area contributed by atoms with E-state index in [0.717, 1.165) is 270 Å². The Balaban J connectivity index is 0.000000119. The predicted octanol–water partition coefficient (Wildman–Crippen LogP) is 17.0. The second kappa shape index (κ2) is 38.3. The number of morpholine rings is 2. The fourth-order valence-electron chi connectivity index (χ4n) is 36.6. The first-order chi connectivity index (χ1) is 60.4. The van der Waals surface area contributed by atoms with Crippen molar-refractivity contribution >= 4 is 38.8 Å². The number of halogens is 1. The molecule has 19 heteroatoms. The number of carbonyl (C=O) groups is 4. The van der Waals surface area contributed by atoms with E-state index < -0.39 is 38.8 Å². The number of ketones is 3. The van der Waals surface area contributed by atoms with Gasteiger partial charge in [-0.3, -0.25) is 43.0 Å². The van der Waals surface area contributed by atoms with Crippen LogP contribution in [0.4, 0.5) is 4.39 Å². The number of hydrogen-bond acceptors (Lipinski definition) is 15. The molecule has 20 fully saturated rings. The number of piperazine rings is 2. The molecular weight excluding hydrogens is 1610 g/mol. The second-order valence-electron chi connectivity index (χ2n) is 50.1. The lowest BCUT2D eigenvalue weighted by molar-refractivity contribution is -0.135. The quantitative estimate of drug-likeness (QED) is 0.0889. The molecule has 16 aliphatic carbocycles. The summed E-state index contributed by atoms with van der Waals surface area (Å²) in [6, 6.07) is 0.363. The Morgan fingerprint density at radius 3 is 1.26 bits per heavy atom. The molecule has 4 N–H and O–H groups in total. The molecule has 16 saturated carbocycles. The van der Waals surface area contributed by atoms with Gasteiger partial charge >= 0.3 is 0 Å². The number of aliphatic hydroxyl groups is 4. The highest BCUT2D eigenvalue weighted by Gasteiger charge is 2.65. The van der Waals surface area contributed by atoms with Crippen molar-refractivity contribution in [2.45, 2.75) is 329 Å². The summed E-state index contributed by atoms with van der Waals surface area (Å²) in [6.45, 7) is 41.9. The van der Waals surface area contributed by atoms with Crippen LogP contribution in [0.15, 0.2) is 12.2 Å². The van der Waals surface area contributed by atoms with E-state index in [2.05, 4.69) is 94.4 Å². The zero-order valence-electron chi connectivity index (χ0n) is 81.6. The predicted molar refractivity (Wildman–Crippen MR) is 506 cm³/mol. The molecule has 0 radical (unpaired) electrons. The van der Waals surface area contributed by atoms with E-state index in [1.165, 1.54) is 153 Å². The van der Waals surface area contributed by atoms with Crippen LogP contribution in [0.5, 0.6) is 0 Å². The first-order valence-electron chi connectivity index (χ1n) is 53.5. The Morgan fingerprint density at radius 1 is 0.417 bits per heavy atom. The molecule has 0 aromatic heterocycles. The lowest BCUT2D eigenvalue weighted by atomic mass is 9.48. The van der Waals surface area contributed by atoms with Gasteiger partial charge in [-0.1, -0.05) is 53.7 Å². The van der Waals surface area contributed by atoms with Gasteiger partial charge in [0.2, 0.25) is 5.91 Å². The van der Waals surface area contributed by atoms with Gasteiger partial charge in [0.25, 0.3) is 0 Å². The molecule has 4 heterocycles. The average Bonchev–Trinajstić information content (AvgIpc) is 1.64. The Bertz CT molecular complexity index is 3950. The lowest BCUT2D eigenvalue weighted by Gasteiger charge is -2.58. The second-order valence-corrected chi connectivity index (χ2v) is 52.5. The van der Waals surface area contributed by atoms with Gasteiger partial charge in [0.1, 0.15) is 24.0 Å². The van der Waals surface area contributed by atoms with E-state index in [9.17, 15) is 48.2 Å². The summed E-state index contributed by atoms with van der Waals surface area (Å²) in [7, 11) is -2.14. The first-order valence-corrected chi connectivity index (χ1v) is 55.6. The zero-order valence-corrected chi connectivity index (χ0v) is 82.5. The number of carbonyl (C=O) groups excluding carboxylic acids is 4. The minimum absolute atomic E-state index is 0.172. The fourth-order valence-corrected chi connectivity index (χ4v) is 37.5. The van der Waals surface area contributed by atoms with E-state index in [4.69, 9.17) is 9.47 Å². The van der Waals surface area contributed by atoms with Crippen LogP contribution in [-0.2, 0) is 38.4 Å². The van der Waals surface area contributed by atoms with Crippen LogP contribution >= 0.6 is 0 Å². The summed E-state index contributed by atoms with van der Waals surface area (Å²) < 4.78 is 38.6. The molecule has 0 spiro atoms. The number of rotatable bonds is 15. The van der Waals surface area contributed by atoms with Crippen molar-refractivity contribution in [2.75, 3.05) is 138 Å². The summed E-state index contributed by atoms with van der Waals surface area (Å²) in [5.74, 6) is 22.7. The van der Waals surface area contributed by atoms with E-state index in [0.29, 0.717) is 96.8 Å². The van der Waals surface area contributed by atoms with Gasteiger partial charge in [0, 0.05) is 125 Å². The molecule has 0 aromatic carbocycles. The molecule has 17 nitrogen and oxygen atoms in total. The molecule has 1 amide bonds. The zero-order chi connectivity index (χ0) is 89.9. The van der Waals surface area contributed by atoms with Gasteiger partial charge in [-0.15, -0.1) is 0 Å². The van der Waals surface area contributed by atoms with Gasteiger partial charge < -0.3 is 34.8 Å². The Labute approximate surface area is 768 Å². The molecule has 35 atom stereocenters. The molecular formula is C108H179FN6O11S. The molecule has 4 saturated heterocycles. The highest BCUT2D eigenvalue weighted by Crippen LogP contribution is 2.71. The van der Waals surface area contributed by atoms with Crippen molar-refractivity contribution in [3.8, 4) is 0 Å². The van der Waals surface area contributed by atoms with Crippen LogP contribution < -0.4 is 0 Å². The number of Topliss-reactive ketones (excluding diaryl/α,β-unsaturated/α-hetero) is 3. The molecule has 20 aliphatic rings. The Morgan fingerprint density at radius 2 is 0.803 bits per heavy atom. The Hall–Kier alpha value is -2.27. The minimum atomic E-state index is -2.14. The topological polar surface area (TPSA) is 204 Å². The number of ether oxygens (including phenoxy) is 2. The van der Waals surface area contributed by atoms with Gasteiger partial charge in [0.05, 0.1) is 68.5 Å². The van der Waals surface area contributed by atoms with Crippen LogP contribution in [-0.4, -0.2) is 249 Å². The van der Waals surface area contributed by atoms with E-state index >= 15 is 0 Å². The number of amides is 1. The highest BCUT2D eigenvalue weighted by atomic mass is 32.2. The summed E-state index contributed by atoms with van der Waals surface area (Å²) in [5.41, 5.74) is 0.116. The largest absolute Gasteiger partial charge is 0.390 e.